The summed E-state index contributed by atoms with van der Waals surface area (Å²) in [5.41, 5.74) is 1.55. The van der Waals surface area contributed by atoms with Crippen molar-refractivity contribution in [1.29, 1.82) is 0 Å². The molecular weight excluding hydrogens is 352 g/mol. The van der Waals surface area contributed by atoms with Crippen LogP contribution in [0.2, 0.25) is 0 Å². The highest BCUT2D eigenvalue weighted by atomic mass is 32.2. The summed E-state index contributed by atoms with van der Waals surface area (Å²) in [7, 11) is 3.15. The van der Waals surface area contributed by atoms with Gasteiger partial charge in [-0.2, -0.15) is 0 Å². The number of ketones is 1. The average molecular weight is 370 g/mol. The van der Waals surface area contributed by atoms with Crippen LogP contribution >= 0.6 is 11.8 Å². The molecule has 0 N–H and O–H groups in total. The fraction of sp³-hybridized carbons (Fsp3) is 0.200. The van der Waals surface area contributed by atoms with Crippen molar-refractivity contribution in [1.82, 2.24) is 0 Å². The number of hydrogen-bond donors (Lipinski definition) is 0. The van der Waals surface area contributed by atoms with Gasteiger partial charge in [-0.3, -0.25) is 4.79 Å². The quantitative estimate of drug-likeness (QED) is 0.464. The molecule has 1 aromatic heterocycles. The summed E-state index contributed by atoms with van der Waals surface area (Å²) >= 11 is 1.46. The third kappa shape index (κ3) is 4.08. The number of carbonyl (C=O) groups excluding carboxylic acids is 1. The minimum Gasteiger partial charge on any atom is -0.497 e. The SMILES string of the molecule is COc1ccc(C(=O)CSCc2cc(=O)oc3cc(OC)ccc23)cc1. The van der Waals surface area contributed by atoms with Gasteiger partial charge in [-0.1, -0.05) is 0 Å². The van der Waals surface area contributed by atoms with E-state index in [4.69, 9.17) is 13.9 Å². The van der Waals surface area contributed by atoms with E-state index in [0.29, 0.717) is 34.2 Å². The van der Waals surface area contributed by atoms with Crippen molar-refractivity contribution in [3.05, 3.63) is 70.1 Å². The molecule has 3 aromatic rings. The fourth-order valence-corrected chi connectivity index (χ4v) is 3.48. The normalized spacial score (nSPS) is 10.7. The van der Waals surface area contributed by atoms with E-state index in [-0.39, 0.29) is 5.78 Å². The lowest BCUT2D eigenvalue weighted by Gasteiger charge is -2.07. The van der Waals surface area contributed by atoms with E-state index in [0.717, 1.165) is 10.9 Å². The first-order chi connectivity index (χ1) is 12.6. The maximum absolute atomic E-state index is 12.3. The molecule has 0 aliphatic rings. The second-order valence-electron chi connectivity index (χ2n) is 5.60. The highest BCUT2D eigenvalue weighted by Gasteiger charge is 2.10. The van der Waals surface area contributed by atoms with Gasteiger partial charge < -0.3 is 13.9 Å². The van der Waals surface area contributed by atoms with Crippen molar-refractivity contribution in [3.63, 3.8) is 0 Å². The second kappa shape index (κ2) is 8.10. The number of hydrogen-bond acceptors (Lipinski definition) is 6. The van der Waals surface area contributed by atoms with Crippen LogP contribution in [-0.4, -0.2) is 25.8 Å². The van der Waals surface area contributed by atoms with Crippen molar-refractivity contribution < 1.29 is 18.7 Å². The Balaban J connectivity index is 1.71. The van der Waals surface area contributed by atoms with Gasteiger partial charge in [0.2, 0.25) is 0 Å². The van der Waals surface area contributed by atoms with Crippen LogP contribution in [0, 0.1) is 0 Å². The Morgan fingerprint density at radius 3 is 2.38 bits per heavy atom. The Kier molecular flexibility index (Phi) is 5.63. The summed E-state index contributed by atoms with van der Waals surface area (Å²) in [5.74, 6) is 2.24. The topological polar surface area (TPSA) is 65.7 Å². The van der Waals surface area contributed by atoms with Crippen molar-refractivity contribution in [2.24, 2.45) is 0 Å². The maximum atomic E-state index is 12.3. The highest BCUT2D eigenvalue weighted by molar-refractivity contribution is 7.99. The zero-order valence-corrected chi connectivity index (χ0v) is 15.3. The van der Waals surface area contributed by atoms with Crippen molar-refractivity contribution >= 4 is 28.5 Å². The van der Waals surface area contributed by atoms with Crippen LogP contribution in [0.5, 0.6) is 11.5 Å². The van der Waals surface area contributed by atoms with Gasteiger partial charge in [0.25, 0.3) is 0 Å². The molecule has 0 spiro atoms. The molecule has 0 atom stereocenters. The Hall–Kier alpha value is -2.73. The van der Waals surface area contributed by atoms with Gasteiger partial charge in [-0.05, 0) is 42.0 Å². The summed E-state index contributed by atoms with van der Waals surface area (Å²) in [6, 6.07) is 13.9. The number of ether oxygens (including phenoxy) is 2. The molecule has 134 valence electrons. The van der Waals surface area contributed by atoms with Crippen LogP contribution in [-0.2, 0) is 5.75 Å². The lowest BCUT2D eigenvalue weighted by molar-refractivity contribution is 0.102. The second-order valence-corrected chi connectivity index (χ2v) is 6.58. The molecule has 26 heavy (non-hydrogen) atoms. The molecule has 1 heterocycles. The van der Waals surface area contributed by atoms with Crippen LogP contribution in [0.15, 0.2) is 57.7 Å². The van der Waals surface area contributed by atoms with E-state index in [1.807, 2.05) is 12.1 Å². The fourth-order valence-electron chi connectivity index (χ4n) is 2.57. The number of methoxy groups -OCH3 is 2. The highest BCUT2D eigenvalue weighted by Crippen LogP contribution is 2.25. The molecule has 0 unspecified atom stereocenters. The third-order valence-electron chi connectivity index (χ3n) is 3.94. The number of benzene rings is 2. The summed E-state index contributed by atoms with van der Waals surface area (Å²) in [6.45, 7) is 0. The van der Waals surface area contributed by atoms with Gasteiger partial charge in [-0.15, -0.1) is 11.8 Å². The Bertz CT molecular complexity index is 976. The predicted octanol–water partition coefficient (Wildman–Crippen LogP) is 3.93. The molecule has 0 bridgehead atoms. The lowest BCUT2D eigenvalue weighted by Crippen LogP contribution is -2.04. The van der Waals surface area contributed by atoms with E-state index < -0.39 is 5.63 Å². The lowest BCUT2D eigenvalue weighted by atomic mass is 10.1. The smallest absolute Gasteiger partial charge is 0.336 e. The Morgan fingerprint density at radius 1 is 1.00 bits per heavy atom. The molecule has 0 saturated carbocycles. The van der Waals surface area contributed by atoms with E-state index in [9.17, 15) is 9.59 Å². The average Bonchev–Trinajstić information content (AvgIpc) is 2.67. The predicted molar refractivity (Wildman–Crippen MR) is 103 cm³/mol. The first kappa shape index (κ1) is 18.1. The van der Waals surface area contributed by atoms with Gasteiger partial charge in [0.15, 0.2) is 5.78 Å². The van der Waals surface area contributed by atoms with Crippen LogP contribution < -0.4 is 15.1 Å². The summed E-state index contributed by atoms with van der Waals surface area (Å²) in [6.07, 6.45) is 0. The molecule has 0 aliphatic heterocycles. The van der Waals surface area contributed by atoms with Gasteiger partial charge in [0.05, 0.1) is 20.0 Å². The maximum Gasteiger partial charge on any atom is 0.336 e. The van der Waals surface area contributed by atoms with Crippen molar-refractivity contribution in [2.75, 3.05) is 20.0 Å². The molecule has 0 radical (unpaired) electrons. The van der Waals surface area contributed by atoms with Crippen LogP contribution in [0.3, 0.4) is 0 Å². The molecule has 0 amide bonds. The van der Waals surface area contributed by atoms with Crippen LogP contribution in [0.25, 0.3) is 11.0 Å². The van der Waals surface area contributed by atoms with Gasteiger partial charge in [0.1, 0.15) is 17.1 Å². The van der Waals surface area contributed by atoms with Crippen molar-refractivity contribution in [2.45, 2.75) is 5.75 Å². The monoisotopic (exact) mass is 370 g/mol. The minimum atomic E-state index is -0.414. The first-order valence-electron chi connectivity index (χ1n) is 7.96. The Morgan fingerprint density at radius 2 is 1.69 bits per heavy atom. The number of Topliss-reactive ketones (excluding diaryl/α,β-unsaturated/α-hetero) is 1. The van der Waals surface area contributed by atoms with E-state index in [2.05, 4.69) is 0 Å². The number of carbonyl (C=O) groups is 1. The number of thioether (sulfide) groups is 1. The van der Waals surface area contributed by atoms with Crippen LogP contribution in [0.1, 0.15) is 15.9 Å². The summed E-state index contributed by atoms with van der Waals surface area (Å²) in [4.78, 5) is 24.1. The zero-order valence-electron chi connectivity index (χ0n) is 14.5. The largest absolute Gasteiger partial charge is 0.497 e. The van der Waals surface area contributed by atoms with Gasteiger partial charge >= 0.3 is 5.63 Å². The standard InChI is InChI=1S/C20H18O5S/c1-23-15-5-3-13(4-6-15)18(21)12-26-11-14-9-20(22)25-19-10-16(24-2)7-8-17(14)19/h3-10H,11-12H2,1-2H3. The molecular formula is C20H18O5S. The first-order valence-corrected chi connectivity index (χ1v) is 9.12. The summed E-state index contributed by atoms with van der Waals surface area (Å²) in [5, 5.41) is 0.842. The molecule has 6 heteroatoms. The van der Waals surface area contributed by atoms with Gasteiger partial charge in [-0.25, -0.2) is 4.79 Å². The molecule has 0 saturated heterocycles. The van der Waals surface area contributed by atoms with Gasteiger partial charge in [0, 0.05) is 28.8 Å². The summed E-state index contributed by atoms with van der Waals surface area (Å²) < 4.78 is 15.5. The number of fused-ring (bicyclic) bond motifs is 1. The molecule has 0 fully saturated rings. The number of rotatable bonds is 7. The Labute approximate surface area is 154 Å². The third-order valence-corrected chi connectivity index (χ3v) is 4.92. The van der Waals surface area contributed by atoms with Crippen molar-refractivity contribution in [3.8, 4) is 11.5 Å². The molecule has 5 nitrogen and oxygen atoms in total. The van der Waals surface area contributed by atoms with E-state index in [1.165, 1.54) is 17.8 Å². The zero-order chi connectivity index (χ0) is 18.5. The molecule has 2 aromatic carbocycles. The molecule has 0 aliphatic carbocycles. The van der Waals surface area contributed by atoms with Crippen LogP contribution in [0.4, 0.5) is 0 Å². The van der Waals surface area contributed by atoms with E-state index >= 15 is 0 Å². The molecule has 3 rings (SSSR count). The van der Waals surface area contributed by atoms with E-state index in [1.54, 1.807) is 44.6 Å². The minimum absolute atomic E-state index is 0.0339.